The number of rotatable bonds is 3. The summed E-state index contributed by atoms with van der Waals surface area (Å²) in [6.45, 7) is 5.23. The summed E-state index contributed by atoms with van der Waals surface area (Å²) in [7, 11) is 0. The molecule has 0 aromatic carbocycles. The molecule has 0 amide bonds. The third-order valence-corrected chi connectivity index (χ3v) is 3.47. The molecule has 2 heterocycles. The number of ether oxygens (including phenoxy) is 1. The average Bonchev–Trinajstić information content (AvgIpc) is 2.39. The highest BCUT2D eigenvalue weighted by Gasteiger charge is 2.24. The Morgan fingerprint density at radius 1 is 1.58 bits per heavy atom. The van der Waals surface area contributed by atoms with Crippen LogP contribution in [-0.2, 0) is 4.74 Å². The summed E-state index contributed by atoms with van der Waals surface area (Å²) in [5, 5.41) is 0. The quantitative estimate of drug-likeness (QED) is 0.838. The second kappa shape index (κ2) is 6.02. The van der Waals surface area contributed by atoms with Crippen LogP contribution in [0.2, 0.25) is 0 Å². The molecule has 1 aliphatic rings. The van der Waals surface area contributed by atoms with Gasteiger partial charge in [-0.3, -0.25) is 0 Å². The van der Waals surface area contributed by atoms with Crippen LogP contribution in [0.15, 0.2) is 18.3 Å². The number of hydrogen-bond acceptors (Lipinski definition) is 5. The first-order chi connectivity index (χ1) is 9.11. The van der Waals surface area contributed by atoms with E-state index in [4.69, 9.17) is 10.5 Å². The van der Waals surface area contributed by atoms with E-state index in [1.165, 1.54) is 0 Å². The molecular formula is C14H21N3O2. The highest BCUT2D eigenvalue weighted by atomic mass is 16.5. The van der Waals surface area contributed by atoms with Crippen molar-refractivity contribution >= 4 is 11.8 Å². The molecule has 104 valence electrons. The Kier molecular flexibility index (Phi) is 4.37. The van der Waals surface area contributed by atoms with Gasteiger partial charge in [0.25, 0.3) is 0 Å². The zero-order chi connectivity index (χ0) is 13.8. The van der Waals surface area contributed by atoms with Crippen LogP contribution >= 0.6 is 0 Å². The number of pyridine rings is 1. The molecule has 1 aromatic heterocycles. The molecule has 5 nitrogen and oxygen atoms in total. The Morgan fingerprint density at radius 2 is 2.37 bits per heavy atom. The first-order valence-corrected chi connectivity index (χ1v) is 6.77. The minimum absolute atomic E-state index is 0.282. The first-order valence-electron chi connectivity index (χ1n) is 6.77. The second-order valence-electron chi connectivity index (χ2n) is 4.95. The summed E-state index contributed by atoms with van der Waals surface area (Å²) in [5.74, 6) is 0.572. The van der Waals surface area contributed by atoms with E-state index in [0.29, 0.717) is 18.2 Å². The maximum absolute atomic E-state index is 11.5. The topological polar surface area (TPSA) is 68.5 Å². The van der Waals surface area contributed by atoms with Gasteiger partial charge in [0.15, 0.2) is 0 Å². The van der Waals surface area contributed by atoms with Crippen LogP contribution in [0, 0.1) is 0 Å². The SMILES string of the molecule is CCOC(=O)c1ccc(N2CCC(N)CC2C)nc1. The van der Waals surface area contributed by atoms with Crippen molar-refractivity contribution in [3.8, 4) is 0 Å². The number of carbonyl (C=O) groups is 1. The van der Waals surface area contributed by atoms with Crippen LogP contribution in [-0.4, -0.2) is 36.2 Å². The fraction of sp³-hybridized carbons (Fsp3) is 0.571. The smallest absolute Gasteiger partial charge is 0.339 e. The zero-order valence-electron chi connectivity index (χ0n) is 11.5. The summed E-state index contributed by atoms with van der Waals surface area (Å²) < 4.78 is 4.94. The van der Waals surface area contributed by atoms with Gasteiger partial charge in [-0.05, 0) is 38.8 Å². The van der Waals surface area contributed by atoms with Gasteiger partial charge in [0.2, 0.25) is 0 Å². The van der Waals surface area contributed by atoms with E-state index in [-0.39, 0.29) is 12.0 Å². The second-order valence-corrected chi connectivity index (χ2v) is 4.95. The predicted octanol–water partition coefficient (Wildman–Crippen LogP) is 1.57. The number of nitrogens with zero attached hydrogens (tertiary/aromatic N) is 2. The van der Waals surface area contributed by atoms with Crippen molar-refractivity contribution in [1.29, 1.82) is 0 Å². The lowest BCUT2D eigenvalue weighted by Crippen LogP contribution is -2.46. The first kappa shape index (κ1) is 13.8. The minimum Gasteiger partial charge on any atom is -0.462 e. The zero-order valence-corrected chi connectivity index (χ0v) is 11.5. The number of hydrogen-bond donors (Lipinski definition) is 1. The summed E-state index contributed by atoms with van der Waals surface area (Å²) in [6, 6.07) is 4.30. The largest absolute Gasteiger partial charge is 0.462 e. The lowest BCUT2D eigenvalue weighted by molar-refractivity contribution is 0.0526. The van der Waals surface area contributed by atoms with Gasteiger partial charge >= 0.3 is 5.97 Å². The lowest BCUT2D eigenvalue weighted by Gasteiger charge is -2.37. The highest BCUT2D eigenvalue weighted by molar-refractivity contribution is 5.89. The van der Waals surface area contributed by atoms with Gasteiger partial charge in [0.1, 0.15) is 5.82 Å². The van der Waals surface area contributed by atoms with Crippen molar-refractivity contribution in [2.24, 2.45) is 5.73 Å². The number of piperidine rings is 1. The monoisotopic (exact) mass is 263 g/mol. The van der Waals surface area contributed by atoms with E-state index in [9.17, 15) is 4.79 Å². The Labute approximate surface area is 113 Å². The maximum atomic E-state index is 11.5. The van der Waals surface area contributed by atoms with E-state index in [0.717, 1.165) is 25.2 Å². The standard InChI is InChI=1S/C14H21N3O2/c1-3-19-14(18)11-4-5-13(16-9-11)17-7-6-12(15)8-10(17)2/h4-5,9-10,12H,3,6-8,15H2,1-2H3. The van der Waals surface area contributed by atoms with E-state index in [1.54, 1.807) is 19.2 Å². The predicted molar refractivity (Wildman–Crippen MR) is 74.2 cm³/mol. The van der Waals surface area contributed by atoms with Gasteiger partial charge in [0, 0.05) is 24.8 Å². The molecule has 1 aromatic rings. The molecule has 1 fully saturated rings. The van der Waals surface area contributed by atoms with Crippen LogP contribution in [0.1, 0.15) is 37.0 Å². The third-order valence-electron chi connectivity index (χ3n) is 3.47. The van der Waals surface area contributed by atoms with Crippen molar-refractivity contribution in [2.75, 3.05) is 18.1 Å². The van der Waals surface area contributed by atoms with Crippen LogP contribution in [0.5, 0.6) is 0 Å². The van der Waals surface area contributed by atoms with E-state index < -0.39 is 0 Å². The normalized spacial score (nSPS) is 23.2. The molecule has 2 N–H and O–H groups in total. The summed E-state index contributed by atoms with van der Waals surface area (Å²) >= 11 is 0. The molecule has 0 spiro atoms. The Morgan fingerprint density at radius 3 is 2.95 bits per heavy atom. The van der Waals surface area contributed by atoms with Crippen molar-refractivity contribution < 1.29 is 9.53 Å². The molecule has 0 radical (unpaired) electrons. The molecule has 0 saturated carbocycles. The number of esters is 1. The van der Waals surface area contributed by atoms with Gasteiger partial charge in [0.05, 0.1) is 12.2 Å². The van der Waals surface area contributed by atoms with Gasteiger partial charge in [-0.15, -0.1) is 0 Å². The summed E-state index contributed by atoms with van der Waals surface area (Å²) in [5.41, 5.74) is 6.45. The van der Waals surface area contributed by atoms with Crippen LogP contribution in [0.3, 0.4) is 0 Å². The van der Waals surface area contributed by atoms with Crippen LogP contribution in [0.25, 0.3) is 0 Å². The number of anilines is 1. The average molecular weight is 263 g/mol. The van der Waals surface area contributed by atoms with E-state index >= 15 is 0 Å². The van der Waals surface area contributed by atoms with Crippen molar-refractivity contribution in [1.82, 2.24) is 4.98 Å². The van der Waals surface area contributed by atoms with Gasteiger partial charge in [-0.1, -0.05) is 0 Å². The summed E-state index contributed by atoms with van der Waals surface area (Å²) in [4.78, 5) is 18.1. The van der Waals surface area contributed by atoms with Crippen LogP contribution in [0.4, 0.5) is 5.82 Å². The molecule has 0 bridgehead atoms. The molecule has 5 heteroatoms. The van der Waals surface area contributed by atoms with Gasteiger partial charge in [-0.2, -0.15) is 0 Å². The molecule has 19 heavy (non-hydrogen) atoms. The Hall–Kier alpha value is -1.62. The molecule has 2 rings (SSSR count). The lowest BCUT2D eigenvalue weighted by atomic mass is 9.99. The van der Waals surface area contributed by atoms with E-state index in [2.05, 4.69) is 16.8 Å². The van der Waals surface area contributed by atoms with Crippen molar-refractivity contribution in [2.45, 2.75) is 38.8 Å². The number of aromatic nitrogens is 1. The number of carbonyl (C=O) groups excluding carboxylic acids is 1. The summed E-state index contributed by atoms with van der Waals surface area (Å²) in [6.07, 6.45) is 3.53. The van der Waals surface area contributed by atoms with Crippen LogP contribution < -0.4 is 10.6 Å². The fourth-order valence-electron chi connectivity index (χ4n) is 2.44. The van der Waals surface area contributed by atoms with Gasteiger partial charge in [-0.25, -0.2) is 9.78 Å². The Balaban J connectivity index is 2.08. The highest BCUT2D eigenvalue weighted by Crippen LogP contribution is 2.22. The number of nitrogens with two attached hydrogens (primary N) is 1. The third kappa shape index (κ3) is 3.23. The molecule has 1 saturated heterocycles. The molecule has 0 aliphatic carbocycles. The molecule has 1 aliphatic heterocycles. The fourth-order valence-corrected chi connectivity index (χ4v) is 2.44. The minimum atomic E-state index is -0.324. The molecule has 2 unspecified atom stereocenters. The Bertz CT molecular complexity index is 433. The molecular weight excluding hydrogens is 242 g/mol. The molecule has 2 atom stereocenters. The van der Waals surface area contributed by atoms with Gasteiger partial charge < -0.3 is 15.4 Å². The maximum Gasteiger partial charge on any atom is 0.339 e. The van der Waals surface area contributed by atoms with Crippen molar-refractivity contribution in [3.63, 3.8) is 0 Å². The van der Waals surface area contributed by atoms with E-state index in [1.807, 2.05) is 6.07 Å². The van der Waals surface area contributed by atoms with Crippen molar-refractivity contribution in [3.05, 3.63) is 23.9 Å².